The van der Waals surface area contributed by atoms with Gasteiger partial charge in [-0.3, -0.25) is 4.79 Å². The van der Waals surface area contributed by atoms with E-state index in [9.17, 15) is 14.0 Å². The van der Waals surface area contributed by atoms with Crippen LogP contribution in [0, 0.1) is 11.7 Å². The fourth-order valence-electron chi connectivity index (χ4n) is 3.30. The molecule has 2 rings (SSSR count). The number of halogens is 1. The number of rotatable bonds is 10. The number of hydrogen-bond acceptors (Lipinski definition) is 5. The monoisotopic (exact) mass is 460 g/mol. The first-order chi connectivity index (χ1) is 15.7. The van der Waals surface area contributed by atoms with Crippen molar-refractivity contribution in [2.45, 2.75) is 52.8 Å². The minimum Gasteiger partial charge on any atom is -0.493 e. The van der Waals surface area contributed by atoms with Crippen molar-refractivity contribution < 1.29 is 28.2 Å². The molecule has 8 heteroatoms. The number of hydrogen-bond donors (Lipinski definition) is 2. The van der Waals surface area contributed by atoms with Gasteiger partial charge in [0.05, 0.1) is 25.9 Å². The molecule has 7 nitrogen and oxygen atoms in total. The molecule has 0 heterocycles. The van der Waals surface area contributed by atoms with E-state index in [4.69, 9.17) is 14.2 Å². The van der Waals surface area contributed by atoms with Crippen molar-refractivity contribution in [3.63, 3.8) is 0 Å². The molecule has 2 aromatic carbocycles. The molecule has 2 amide bonds. The Kier molecular flexibility index (Phi) is 9.51. The molecular weight excluding hydrogens is 427 g/mol. The first-order valence-electron chi connectivity index (χ1n) is 11.0. The van der Waals surface area contributed by atoms with Gasteiger partial charge in [-0.25, -0.2) is 9.18 Å². The molecule has 0 aliphatic rings. The number of alkyl carbamates (subject to hydrolysis) is 1. The molecule has 2 aromatic rings. The predicted molar refractivity (Wildman–Crippen MR) is 124 cm³/mol. The zero-order valence-corrected chi connectivity index (χ0v) is 20.0. The van der Waals surface area contributed by atoms with Crippen LogP contribution in [0.25, 0.3) is 0 Å². The highest BCUT2D eigenvalue weighted by molar-refractivity contribution is 5.86. The smallest absolute Gasteiger partial charge is 0.408 e. The van der Waals surface area contributed by atoms with Crippen LogP contribution < -0.4 is 20.1 Å². The lowest BCUT2D eigenvalue weighted by molar-refractivity contribution is -0.124. The maximum atomic E-state index is 13.6. The van der Waals surface area contributed by atoms with Crippen molar-refractivity contribution in [3.05, 3.63) is 59.4 Å². The molecule has 0 radical (unpaired) electrons. The molecule has 0 saturated carbocycles. The highest BCUT2D eigenvalue weighted by Crippen LogP contribution is 2.33. The van der Waals surface area contributed by atoms with Crippen LogP contribution in [0.2, 0.25) is 0 Å². The van der Waals surface area contributed by atoms with E-state index in [1.54, 1.807) is 51.3 Å². The van der Waals surface area contributed by atoms with E-state index in [-0.39, 0.29) is 17.8 Å². The van der Waals surface area contributed by atoms with Crippen molar-refractivity contribution in [2.24, 2.45) is 5.92 Å². The first kappa shape index (κ1) is 26.0. The van der Waals surface area contributed by atoms with Gasteiger partial charge in [-0.2, -0.15) is 0 Å². The minimum absolute atomic E-state index is 0.201. The average Bonchev–Trinajstić information content (AvgIpc) is 2.76. The van der Waals surface area contributed by atoms with Crippen molar-refractivity contribution in [3.8, 4) is 11.5 Å². The van der Waals surface area contributed by atoms with E-state index in [0.29, 0.717) is 29.2 Å². The fraction of sp³-hybridized carbons (Fsp3) is 0.440. The van der Waals surface area contributed by atoms with Gasteiger partial charge in [0.15, 0.2) is 11.5 Å². The first-order valence-corrected chi connectivity index (χ1v) is 11.0. The minimum atomic E-state index is -0.830. The molecule has 1 unspecified atom stereocenters. The van der Waals surface area contributed by atoms with Gasteiger partial charge in [0.1, 0.15) is 11.9 Å². The Morgan fingerprint density at radius 3 is 2.12 bits per heavy atom. The Hall–Kier alpha value is -3.29. The number of carbonyl (C=O) groups excluding carboxylic acids is 2. The molecule has 0 bridgehead atoms. The predicted octanol–water partition coefficient (Wildman–Crippen LogP) is 4.60. The Morgan fingerprint density at radius 1 is 0.939 bits per heavy atom. The zero-order chi connectivity index (χ0) is 24.5. The molecule has 2 N–H and O–H groups in total. The van der Waals surface area contributed by atoms with Gasteiger partial charge in [-0.15, -0.1) is 0 Å². The van der Waals surface area contributed by atoms with Crippen LogP contribution in [0.15, 0.2) is 42.5 Å². The highest BCUT2D eigenvalue weighted by atomic mass is 19.1. The summed E-state index contributed by atoms with van der Waals surface area (Å²) in [6, 6.07) is 9.77. The van der Waals surface area contributed by atoms with Crippen molar-refractivity contribution >= 4 is 12.0 Å². The molecule has 33 heavy (non-hydrogen) atoms. The molecule has 0 fully saturated rings. The number of ether oxygens (including phenoxy) is 3. The maximum absolute atomic E-state index is 13.6. The van der Waals surface area contributed by atoms with Crippen LogP contribution in [0.4, 0.5) is 9.18 Å². The van der Waals surface area contributed by atoms with Crippen LogP contribution in [0.3, 0.4) is 0 Å². The van der Waals surface area contributed by atoms with Gasteiger partial charge in [-0.1, -0.05) is 32.0 Å². The van der Waals surface area contributed by atoms with Crippen molar-refractivity contribution in [2.75, 3.05) is 13.7 Å². The Labute approximate surface area is 194 Å². The summed E-state index contributed by atoms with van der Waals surface area (Å²) < 4.78 is 29.7. The molecule has 0 aliphatic carbocycles. The largest absolute Gasteiger partial charge is 0.493 e. The summed E-state index contributed by atoms with van der Waals surface area (Å²) in [4.78, 5) is 25.4. The summed E-state index contributed by atoms with van der Waals surface area (Å²) in [7, 11) is 1.55. The summed E-state index contributed by atoms with van der Waals surface area (Å²) in [5, 5.41) is 5.62. The van der Waals surface area contributed by atoms with Crippen LogP contribution in [-0.2, 0) is 9.53 Å². The van der Waals surface area contributed by atoms with Crippen LogP contribution in [0.5, 0.6) is 11.5 Å². The summed E-state index contributed by atoms with van der Waals surface area (Å²) in [5.41, 5.74) is 1.39. The maximum Gasteiger partial charge on any atom is 0.408 e. The SMILES string of the molecule is CCOc1cc(C(NC(=O)[C@@H](NC(=O)OC(C)C)C(C)C)c2ccc(F)cc2)ccc1OC. The second-order valence-corrected chi connectivity index (χ2v) is 8.16. The molecule has 0 aliphatic heterocycles. The van der Waals surface area contributed by atoms with E-state index in [2.05, 4.69) is 10.6 Å². The van der Waals surface area contributed by atoms with E-state index in [1.165, 1.54) is 12.1 Å². The summed E-state index contributed by atoms with van der Waals surface area (Å²) in [6.45, 7) is 9.41. The van der Waals surface area contributed by atoms with E-state index in [1.807, 2.05) is 20.8 Å². The second-order valence-electron chi connectivity index (χ2n) is 8.16. The summed E-state index contributed by atoms with van der Waals surface area (Å²) >= 11 is 0. The average molecular weight is 461 g/mol. The topological polar surface area (TPSA) is 85.9 Å². The molecule has 0 aromatic heterocycles. The lowest BCUT2D eigenvalue weighted by atomic mass is 9.96. The number of carbonyl (C=O) groups is 2. The zero-order valence-electron chi connectivity index (χ0n) is 20.0. The number of benzene rings is 2. The van der Waals surface area contributed by atoms with Gasteiger partial charge in [0.2, 0.25) is 5.91 Å². The lowest BCUT2D eigenvalue weighted by Crippen LogP contribution is -2.51. The van der Waals surface area contributed by atoms with Crippen LogP contribution in [0.1, 0.15) is 51.8 Å². The third-order valence-electron chi connectivity index (χ3n) is 4.88. The Bertz CT molecular complexity index is 931. The van der Waals surface area contributed by atoms with E-state index in [0.717, 1.165) is 0 Å². The van der Waals surface area contributed by atoms with Gasteiger partial charge in [0.25, 0.3) is 0 Å². The third kappa shape index (κ3) is 7.37. The van der Waals surface area contributed by atoms with Gasteiger partial charge >= 0.3 is 6.09 Å². The number of amides is 2. The molecule has 180 valence electrons. The summed E-state index contributed by atoms with van der Waals surface area (Å²) in [5.74, 6) is 0.106. The summed E-state index contributed by atoms with van der Waals surface area (Å²) in [6.07, 6.45) is -0.982. The molecule has 0 spiro atoms. The molecular formula is C25H33FN2O5. The van der Waals surface area contributed by atoms with Crippen molar-refractivity contribution in [1.82, 2.24) is 10.6 Å². The number of nitrogens with one attached hydrogen (secondary N) is 2. The molecule has 2 atom stereocenters. The quantitative estimate of drug-likeness (QED) is 0.541. The Morgan fingerprint density at radius 2 is 1.58 bits per heavy atom. The number of methoxy groups -OCH3 is 1. The van der Waals surface area contributed by atoms with E-state index >= 15 is 0 Å². The third-order valence-corrected chi connectivity index (χ3v) is 4.88. The fourth-order valence-corrected chi connectivity index (χ4v) is 3.30. The van der Waals surface area contributed by atoms with Gasteiger partial charge in [0, 0.05) is 0 Å². The van der Waals surface area contributed by atoms with E-state index < -0.39 is 24.1 Å². The van der Waals surface area contributed by atoms with Gasteiger partial charge < -0.3 is 24.8 Å². The van der Waals surface area contributed by atoms with Crippen LogP contribution in [-0.4, -0.2) is 37.9 Å². The standard InChI is InChI=1S/C25H33FN2O5/c1-7-32-21-14-18(10-13-20(21)31-6)23(17-8-11-19(26)12-9-17)27-24(29)22(15(2)3)28-25(30)33-16(4)5/h8-16,22-23H,7H2,1-6H3,(H,27,29)(H,28,30)/t22-,23?/m0/s1. The normalized spacial score (nSPS) is 12.8. The second kappa shape index (κ2) is 12.1. The Balaban J connectivity index is 2.40. The van der Waals surface area contributed by atoms with Crippen molar-refractivity contribution in [1.29, 1.82) is 0 Å². The van der Waals surface area contributed by atoms with Crippen LogP contribution >= 0.6 is 0 Å². The van der Waals surface area contributed by atoms with Gasteiger partial charge in [-0.05, 0) is 62.1 Å². The highest BCUT2D eigenvalue weighted by Gasteiger charge is 2.28. The lowest BCUT2D eigenvalue weighted by Gasteiger charge is -2.26. The molecule has 0 saturated heterocycles.